The third-order valence-electron chi connectivity index (χ3n) is 5.95. The summed E-state index contributed by atoms with van der Waals surface area (Å²) in [5, 5.41) is -0.0803. The third kappa shape index (κ3) is 3.60. The molecule has 0 unspecified atom stereocenters. The molecule has 1 amide bonds. The summed E-state index contributed by atoms with van der Waals surface area (Å²) in [7, 11) is 4.54. The van der Waals surface area contributed by atoms with Crippen molar-refractivity contribution in [2.45, 2.75) is 31.6 Å². The van der Waals surface area contributed by atoms with Crippen molar-refractivity contribution in [3.8, 4) is 17.2 Å². The van der Waals surface area contributed by atoms with Crippen LogP contribution in [0.5, 0.6) is 17.2 Å². The summed E-state index contributed by atoms with van der Waals surface area (Å²) in [6.45, 7) is 0. The van der Waals surface area contributed by atoms with E-state index in [1.165, 1.54) is 44.4 Å². The highest BCUT2D eigenvalue weighted by molar-refractivity contribution is 6.31. The van der Waals surface area contributed by atoms with Crippen molar-refractivity contribution in [2.24, 2.45) is 0 Å². The average Bonchev–Trinajstić information content (AvgIpc) is 2.79. The van der Waals surface area contributed by atoms with E-state index in [2.05, 4.69) is 0 Å². The Morgan fingerprint density at radius 3 is 2.41 bits per heavy atom. The second-order valence-electron chi connectivity index (χ2n) is 7.64. The van der Waals surface area contributed by atoms with Gasteiger partial charge in [-0.2, -0.15) is 0 Å². The van der Waals surface area contributed by atoms with Crippen LogP contribution in [0.1, 0.15) is 37.2 Å². The van der Waals surface area contributed by atoms with E-state index in [9.17, 15) is 14.0 Å². The van der Waals surface area contributed by atoms with Crippen molar-refractivity contribution in [3.63, 3.8) is 0 Å². The molecule has 2 aromatic rings. The number of nitrogens with zero attached hydrogens (tertiary/aromatic N) is 1. The quantitative estimate of drug-likeness (QED) is 0.627. The van der Waals surface area contributed by atoms with Crippen molar-refractivity contribution in [1.29, 1.82) is 0 Å². The molecule has 1 atom stereocenters. The molecule has 6 nitrogen and oxygen atoms in total. The maximum Gasteiger partial charge on any atom is 0.232 e. The van der Waals surface area contributed by atoms with Gasteiger partial charge in [-0.25, -0.2) is 4.39 Å². The second kappa shape index (κ2) is 8.82. The molecule has 0 saturated carbocycles. The van der Waals surface area contributed by atoms with Crippen LogP contribution in [0.3, 0.4) is 0 Å². The van der Waals surface area contributed by atoms with E-state index >= 15 is 0 Å². The molecule has 0 saturated heterocycles. The van der Waals surface area contributed by atoms with Gasteiger partial charge in [-0.05, 0) is 37.1 Å². The molecule has 1 aliphatic carbocycles. The van der Waals surface area contributed by atoms with E-state index in [-0.39, 0.29) is 23.1 Å². The number of rotatable bonds is 5. The van der Waals surface area contributed by atoms with E-state index in [1.54, 1.807) is 12.1 Å². The first-order valence-electron chi connectivity index (χ1n) is 10.2. The molecule has 8 heteroatoms. The van der Waals surface area contributed by atoms with E-state index in [1.807, 2.05) is 0 Å². The fourth-order valence-electron chi connectivity index (χ4n) is 4.58. The van der Waals surface area contributed by atoms with Crippen LogP contribution in [0.25, 0.3) is 0 Å². The number of amides is 1. The Labute approximate surface area is 190 Å². The fourth-order valence-corrected chi connectivity index (χ4v) is 4.76. The number of benzene rings is 2. The standard InChI is InChI=1S/C24H23ClFNO5/c1-30-20-10-8-14(23(31-2)24(20)32-3)15-12-21(29)27(13-7-9-17(26)16(25)11-13)18-5-4-6-19(28)22(15)18/h7-11,15H,4-6,12H2,1-3H3/t15-/m0/s1. The summed E-state index contributed by atoms with van der Waals surface area (Å²) >= 11 is 5.97. The minimum atomic E-state index is -0.568. The molecule has 1 heterocycles. The van der Waals surface area contributed by atoms with Gasteiger partial charge in [-0.1, -0.05) is 17.7 Å². The van der Waals surface area contributed by atoms with Crippen LogP contribution in [0.15, 0.2) is 41.6 Å². The fraction of sp³-hybridized carbons (Fsp3) is 0.333. The molecular weight excluding hydrogens is 437 g/mol. The Balaban J connectivity index is 1.90. The minimum Gasteiger partial charge on any atom is -0.493 e. The van der Waals surface area contributed by atoms with Crippen molar-refractivity contribution in [3.05, 3.63) is 58.0 Å². The first-order chi connectivity index (χ1) is 15.4. The number of allylic oxidation sites excluding steroid dienone is 2. The van der Waals surface area contributed by atoms with Crippen LogP contribution in [-0.2, 0) is 9.59 Å². The summed E-state index contributed by atoms with van der Waals surface area (Å²) in [6, 6.07) is 7.67. The van der Waals surface area contributed by atoms with E-state index in [4.69, 9.17) is 25.8 Å². The largest absolute Gasteiger partial charge is 0.493 e. The zero-order chi connectivity index (χ0) is 23.0. The summed E-state index contributed by atoms with van der Waals surface area (Å²) in [6.07, 6.45) is 1.63. The molecule has 0 radical (unpaired) electrons. The average molecular weight is 460 g/mol. The third-order valence-corrected chi connectivity index (χ3v) is 6.24. The van der Waals surface area contributed by atoms with Gasteiger partial charge in [0.15, 0.2) is 17.3 Å². The smallest absolute Gasteiger partial charge is 0.232 e. The topological polar surface area (TPSA) is 65.1 Å². The second-order valence-corrected chi connectivity index (χ2v) is 8.05. The molecule has 2 aromatic carbocycles. The number of Topliss-reactive ketones (excluding diaryl/α,β-unsaturated/α-hetero) is 1. The van der Waals surface area contributed by atoms with Gasteiger partial charge in [-0.3, -0.25) is 14.5 Å². The lowest BCUT2D eigenvalue weighted by Crippen LogP contribution is -2.40. The SMILES string of the molecule is COc1ccc([C@@H]2CC(=O)N(c3ccc(F)c(Cl)c3)C3=C2C(=O)CCC3)c(OC)c1OC. The predicted molar refractivity (Wildman–Crippen MR) is 118 cm³/mol. The van der Waals surface area contributed by atoms with E-state index in [0.29, 0.717) is 59.0 Å². The highest BCUT2D eigenvalue weighted by atomic mass is 35.5. The van der Waals surface area contributed by atoms with Gasteiger partial charge >= 0.3 is 0 Å². The Morgan fingerprint density at radius 2 is 1.75 bits per heavy atom. The van der Waals surface area contributed by atoms with Crippen molar-refractivity contribution < 1.29 is 28.2 Å². The van der Waals surface area contributed by atoms with Crippen LogP contribution >= 0.6 is 11.6 Å². The van der Waals surface area contributed by atoms with Gasteiger partial charge < -0.3 is 14.2 Å². The van der Waals surface area contributed by atoms with Crippen LogP contribution in [0.2, 0.25) is 5.02 Å². The van der Waals surface area contributed by atoms with Crippen LogP contribution in [-0.4, -0.2) is 33.0 Å². The van der Waals surface area contributed by atoms with Gasteiger partial charge in [0.25, 0.3) is 0 Å². The number of hydrogen-bond acceptors (Lipinski definition) is 5. The van der Waals surface area contributed by atoms with Crippen LogP contribution in [0.4, 0.5) is 10.1 Å². The number of hydrogen-bond donors (Lipinski definition) is 0. The first-order valence-corrected chi connectivity index (χ1v) is 10.6. The lowest BCUT2D eigenvalue weighted by atomic mass is 9.76. The lowest BCUT2D eigenvalue weighted by molar-refractivity contribution is -0.119. The number of ether oxygens (including phenoxy) is 3. The molecule has 0 N–H and O–H groups in total. The number of methoxy groups -OCH3 is 3. The molecular formula is C24H23ClFNO5. The molecule has 0 bridgehead atoms. The normalized spacial score (nSPS) is 18.5. The summed E-state index contributed by atoms with van der Waals surface area (Å²) < 4.78 is 30.2. The highest BCUT2D eigenvalue weighted by Gasteiger charge is 2.41. The first kappa shape index (κ1) is 22.1. The molecule has 1 aliphatic heterocycles. The van der Waals surface area contributed by atoms with Crippen LogP contribution in [0, 0.1) is 5.82 Å². The number of carbonyl (C=O) groups excluding carboxylic acids is 2. The summed E-state index contributed by atoms with van der Waals surface area (Å²) in [4.78, 5) is 28.0. The van der Waals surface area contributed by atoms with Gasteiger partial charge in [0, 0.05) is 35.6 Å². The molecule has 4 rings (SSSR count). The Kier molecular flexibility index (Phi) is 6.11. The van der Waals surface area contributed by atoms with Gasteiger partial charge in [0.1, 0.15) is 5.82 Å². The number of ketones is 1. The van der Waals surface area contributed by atoms with Crippen LogP contribution < -0.4 is 19.1 Å². The lowest BCUT2D eigenvalue weighted by Gasteiger charge is -2.38. The Morgan fingerprint density at radius 1 is 1.00 bits per heavy atom. The Hall–Kier alpha value is -3.06. The van der Waals surface area contributed by atoms with Gasteiger partial charge in [0.05, 0.1) is 32.0 Å². The highest BCUT2D eigenvalue weighted by Crippen LogP contribution is 2.49. The van der Waals surface area contributed by atoms with E-state index < -0.39 is 11.7 Å². The molecule has 32 heavy (non-hydrogen) atoms. The minimum absolute atomic E-state index is 0.0150. The van der Waals surface area contributed by atoms with Crippen molar-refractivity contribution in [2.75, 3.05) is 26.2 Å². The summed E-state index contributed by atoms with van der Waals surface area (Å²) in [5.41, 5.74) is 2.32. The van der Waals surface area contributed by atoms with Gasteiger partial charge in [0.2, 0.25) is 11.7 Å². The Bertz CT molecular complexity index is 1130. The monoisotopic (exact) mass is 459 g/mol. The van der Waals surface area contributed by atoms with E-state index in [0.717, 1.165) is 0 Å². The molecule has 168 valence electrons. The summed E-state index contributed by atoms with van der Waals surface area (Å²) in [5.74, 6) is 0.0315. The maximum absolute atomic E-state index is 13.7. The maximum atomic E-state index is 13.7. The molecule has 2 aliphatic rings. The molecule has 0 spiro atoms. The van der Waals surface area contributed by atoms with Crippen molar-refractivity contribution in [1.82, 2.24) is 0 Å². The predicted octanol–water partition coefficient (Wildman–Crippen LogP) is 5.03. The molecule has 0 aromatic heterocycles. The zero-order valence-corrected chi connectivity index (χ0v) is 18.8. The number of carbonyl (C=O) groups is 2. The molecule has 0 fully saturated rings. The van der Waals surface area contributed by atoms with Gasteiger partial charge in [-0.15, -0.1) is 0 Å². The number of halogens is 2. The number of anilines is 1. The zero-order valence-electron chi connectivity index (χ0n) is 18.0. The van der Waals surface area contributed by atoms with Crippen molar-refractivity contribution >= 4 is 29.0 Å².